The highest BCUT2D eigenvalue weighted by Crippen LogP contribution is 2.66. The molecule has 120 valence electrons. The van der Waals surface area contributed by atoms with Gasteiger partial charge in [-0.15, -0.1) is 0 Å². The average Bonchev–Trinajstić information content (AvgIpc) is 2.64. The van der Waals surface area contributed by atoms with Gasteiger partial charge >= 0.3 is 0 Å². The van der Waals surface area contributed by atoms with Gasteiger partial charge in [-0.3, -0.25) is 0 Å². The third-order valence-corrected chi connectivity index (χ3v) is 8.06. The Morgan fingerprint density at radius 2 is 1.67 bits per heavy atom. The molecule has 0 radical (unpaired) electrons. The lowest BCUT2D eigenvalue weighted by Crippen LogP contribution is -2.54. The Kier molecular flexibility index (Phi) is 2.57. The summed E-state index contributed by atoms with van der Waals surface area (Å²) in [7, 11) is 0. The molecule has 4 aliphatic carbocycles. The summed E-state index contributed by atoms with van der Waals surface area (Å²) in [5.74, 6) is 1.68. The molecule has 0 spiro atoms. The quantitative estimate of drug-likeness (QED) is 0.714. The van der Waals surface area contributed by atoms with Gasteiger partial charge in [-0.1, -0.05) is 13.8 Å². The smallest absolute Gasteiger partial charge is 0.0606 e. The summed E-state index contributed by atoms with van der Waals surface area (Å²) in [6, 6.07) is 0. The largest absolute Gasteiger partial charge is 0.393 e. The Morgan fingerprint density at radius 1 is 0.952 bits per heavy atom. The van der Waals surface area contributed by atoms with Crippen LogP contribution >= 0.6 is 0 Å². The number of rotatable bonds is 0. The van der Waals surface area contributed by atoms with Gasteiger partial charge in [0.1, 0.15) is 0 Å². The van der Waals surface area contributed by atoms with Crippen molar-refractivity contribution >= 4 is 0 Å². The fourth-order valence-electron chi connectivity index (χ4n) is 6.63. The van der Waals surface area contributed by atoms with Crippen molar-refractivity contribution in [1.29, 1.82) is 0 Å². The zero-order valence-electron chi connectivity index (χ0n) is 16.4. The van der Waals surface area contributed by atoms with Crippen LogP contribution in [0.25, 0.3) is 0 Å². The molecule has 0 amide bonds. The highest BCUT2D eigenvalue weighted by molar-refractivity contribution is 5.09. The van der Waals surface area contributed by atoms with Gasteiger partial charge in [0.25, 0.3) is 0 Å². The number of hydrogen-bond acceptors (Lipinski definition) is 2. The Labute approximate surface area is 133 Å². The normalized spacial score (nSPS) is 68.0. The first-order valence-corrected chi connectivity index (χ1v) is 8.93. The van der Waals surface area contributed by atoms with E-state index in [1.54, 1.807) is 0 Å². The van der Waals surface area contributed by atoms with Crippen LogP contribution in [0.4, 0.5) is 0 Å². The fourth-order valence-corrected chi connectivity index (χ4v) is 6.63. The average molecular weight is 295 g/mol. The van der Waals surface area contributed by atoms with E-state index in [4.69, 9.17) is 4.11 Å². The maximum atomic E-state index is 10.8. The molecule has 0 heterocycles. The molecule has 4 fully saturated rings. The molecule has 2 N–H and O–H groups in total. The minimum absolute atomic E-state index is 0.110. The summed E-state index contributed by atoms with van der Waals surface area (Å²) < 4.78 is 25.0. The van der Waals surface area contributed by atoms with Gasteiger partial charge in [0, 0.05) is 2.74 Å². The molecule has 0 aromatic carbocycles. The molecule has 0 aliphatic heterocycles. The second kappa shape index (κ2) is 4.71. The van der Waals surface area contributed by atoms with Gasteiger partial charge in [0.05, 0.1) is 13.6 Å². The maximum absolute atomic E-state index is 10.8. The lowest BCUT2D eigenvalue weighted by Gasteiger charge is -2.60. The van der Waals surface area contributed by atoms with E-state index in [1.807, 2.05) is 6.92 Å². The minimum atomic E-state index is -1.98. The molecule has 21 heavy (non-hydrogen) atoms. The van der Waals surface area contributed by atoms with E-state index < -0.39 is 17.9 Å². The van der Waals surface area contributed by atoms with E-state index in [0.717, 1.165) is 44.9 Å². The standard InChI is InChI=1S/C19H32O2/c1-18-9-7-13(20)11-12(18)3-4-14-15-5-6-17(21)19(15,2)10-8-16(14)18/h12-17,20-21H,3-11H2,1-2H3/t12-,13-,14+,15+,16+,17+,18+,19+/m1/s1/i6D2,17D. The van der Waals surface area contributed by atoms with Gasteiger partial charge in [-0.25, -0.2) is 0 Å². The van der Waals surface area contributed by atoms with Crippen LogP contribution in [0.5, 0.6) is 0 Å². The maximum Gasteiger partial charge on any atom is 0.0606 e. The number of hydrogen-bond donors (Lipinski definition) is 2. The Balaban J connectivity index is 1.67. The molecule has 4 saturated carbocycles. The summed E-state index contributed by atoms with van der Waals surface area (Å²) in [6.07, 6.45) is 3.21. The monoisotopic (exact) mass is 295 g/mol. The molecule has 4 rings (SSSR count). The van der Waals surface area contributed by atoms with E-state index in [2.05, 4.69) is 6.92 Å². The van der Waals surface area contributed by atoms with Crippen LogP contribution in [0.2, 0.25) is 0 Å². The lowest BCUT2D eigenvalue weighted by molar-refractivity contribution is -0.133. The van der Waals surface area contributed by atoms with Crippen molar-refractivity contribution in [1.82, 2.24) is 0 Å². The molecule has 0 aromatic rings. The van der Waals surface area contributed by atoms with E-state index in [-0.39, 0.29) is 17.4 Å². The number of fused-ring (bicyclic) bond motifs is 5. The highest BCUT2D eigenvalue weighted by atomic mass is 16.3. The van der Waals surface area contributed by atoms with Crippen molar-refractivity contribution in [3.63, 3.8) is 0 Å². The first-order chi connectivity index (χ1) is 11.0. The second-order valence-corrected chi connectivity index (χ2v) is 8.77. The molecule has 0 aromatic heterocycles. The highest BCUT2D eigenvalue weighted by Gasteiger charge is 2.59. The first-order valence-electron chi connectivity index (χ1n) is 10.4. The molecule has 0 bridgehead atoms. The predicted molar refractivity (Wildman–Crippen MR) is 83.7 cm³/mol. The van der Waals surface area contributed by atoms with Crippen LogP contribution in [-0.2, 0) is 0 Å². The van der Waals surface area contributed by atoms with Gasteiger partial charge < -0.3 is 10.2 Å². The Bertz CT molecular complexity index is 537. The van der Waals surface area contributed by atoms with Crippen LogP contribution in [0, 0.1) is 34.5 Å². The second-order valence-electron chi connectivity index (χ2n) is 8.77. The SMILES string of the molecule is [2H]C1([2H])C[C@H]2[C@@H]3CC[C@@H]4C[C@H](O)CC[C@]4(C)[C@H]3CC[C@]2(C)[C@@]1([2H])O. The van der Waals surface area contributed by atoms with Gasteiger partial charge in [0.15, 0.2) is 0 Å². The molecule has 0 saturated heterocycles. The van der Waals surface area contributed by atoms with Gasteiger partial charge in [-0.2, -0.15) is 0 Å². The summed E-state index contributed by atoms with van der Waals surface area (Å²) in [5.41, 5.74) is -0.381. The molecule has 4 aliphatic rings. The zero-order valence-corrected chi connectivity index (χ0v) is 13.4. The lowest BCUT2D eigenvalue weighted by atomic mass is 9.45. The van der Waals surface area contributed by atoms with Crippen LogP contribution in [0.1, 0.15) is 75.7 Å². The molecule has 8 atom stereocenters. The third kappa shape index (κ3) is 1.91. The fraction of sp³-hybridized carbons (Fsp3) is 1.00. The topological polar surface area (TPSA) is 40.5 Å². The molecular weight excluding hydrogens is 260 g/mol. The van der Waals surface area contributed by atoms with Crippen LogP contribution in [0.15, 0.2) is 0 Å². The van der Waals surface area contributed by atoms with Crippen molar-refractivity contribution in [2.45, 2.75) is 83.8 Å². The van der Waals surface area contributed by atoms with Crippen LogP contribution in [-0.4, -0.2) is 22.4 Å². The first kappa shape index (κ1) is 11.5. The molecule has 2 heteroatoms. The summed E-state index contributed by atoms with van der Waals surface area (Å²) >= 11 is 0. The Morgan fingerprint density at radius 3 is 2.48 bits per heavy atom. The minimum Gasteiger partial charge on any atom is -0.393 e. The predicted octanol–water partition coefficient (Wildman–Crippen LogP) is 3.75. The summed E-state index contributed by atoms with van der Waals surface area (Å²) in [5, 5.41) is 20.8. The van der Waals surface area contributed by atoms with Gasteiger partial charge in [-0.05, 0) is 92.2 Å². The van der Waals surface area contributed by atoms with Crippen molar-refractivity contribution in [3.8, 4) is 0 Å². The molecule has 2 nitrogen and oxygen atoms in total. The van der Waals surface area contributed by atoms with Crippen molar-refractivity contribution in [3.05, 3.63) is 0 Å². The third-order valence-electron chi connectivity index (χ3n) is 8.06. The van der Waals surface area contributed by atoms with Crippen molar-refractivity contribution in [2.24, 2.45) is 34.5 Å². The van der Waals surface area contributed by atoms with Crippen LogP contribution < -0.4 is 0 Å². The Hall–Kier alpha value is -0.0800. The van der Waals surface area contributed by atoms with E-state index in [1.165, 1.54) is 0 Å². The molecule has 0 unspecified atom stereocenters. The molecular formula is C19H32O2. The van der Waals surface area contributed by atoms with Crippen LogP contribution in [0.3, 0.4) is 0 Å². The van der Waals surface area contributed by atoms with Gasteiger partial charge in [0.2, 0.25) is 0 Å². The van der Waals surface area contributed by atoms with E-state index >= 15 is 0 Å². The van der Waals surface area contributed by atoms with E-state index in [0.29, 0.717) is 24.2 Å². The van der Waals surface area contributed by atoms with Crippen molar-refractivity contribution < 1.29 is 14.3 Å². The summed E-state index contributed by atoms with van der Waals surface area (Å²) in [4.78, 5) is 0. The zero-order chi connectivity index (χ0) is 17.5. The van der Waals surface area contributed by atoms with Crippen molar-refractivity contribution in [2.75, 3.05) is 0 Å². The van der Waals surface area contributed by atoms with E-state index in [9.17, 15) is 10.2 Å². The number of aliphatic hydroxyl groups is 2. The number of aliphatic hydroxyl groups excluding tert-OH is 1. The summed E-state index contributed by atoms with van der Waals surface area (Å²) in [6.45, 7) is 4.37.